The van der Waals surface area contributed by atoms with Crippen LogP contribution in [0.3, 0.4) is 0 Å². The van der Waals surface area contributed by atoms with Crippen LogP contribution in [0.25, 0.3) is 5.69 Å². The Kier molecular flexibility index (Phi) is 5.21. The van der Waals surface area contributed by atoms with Gasteiger partial charge in [-0.3, -0.25) is 9.36 Å². The number of sulfone groups is 1. The van der Waals surface area contributed by atoms with E-state index >= 15 is 0 Å². The predicted molar refractivity (Wildman–Crippen MR) is 104 cm³/mol. The monoisotopic (exact) mass is 415 g/mol. The molecule has 0 amide bonds. The molecular formula is C19H17N3O6S. The third-order valence-electron chi connectivity index (χ3n) is 4.36. The zero-order chi connectivity index (χ0) is 21.3. The molecule has 29 heavy (non-hydrogen) atoms. The van der Waals surface area contributed by atoms with Crippen LogP contribution in [0, 0.1) is 6.92 Å². The van der Waals surface area contributed by atoms with E-state index in [1.807, 2.05) is 13.0 Å². The molecule has 1 N–H and O–H groups in total. The van der Waals surface area contributed by atoms with E-state index in [1.54, 1.807) is 18.2 Å². The number of hydrogen-bond acceptors (Lipinski definition) is 6. The van der Waals surface area contributed by atoms with Gasteiger partial charge in [-0.25, -0.2) is 18.0 Å². The Bertz CT molecular complexity index is 1320. The van der Waals surface area contributed by atoms with Gasteiger partial charge in [0.15, 0.2) is 9.84 Å². The SMILES string of the molecule is Cc1ccccc1Cn1c(=O)c(C(=O)O)nn(-c2ccc(S(C)(=O)=O)cc2)c1=O. The zero-order valence-corrected chi connectivity index (χ0v) is 16.4. The number of aromatic nitrogens is 3. The number of carboxylic acid groups (broad SMARTS) is 1. The summed E-state index contributed by atoms with van der Waals surface area (Å²) in [6.45, 7) is 1.68. The Labute approximate surface area is 165 Å². The topological polar surface area (TPSA) is 128 Å². The van der Waals surface area contributed by atoms with Crippen molar-refractivity contribution in [2.24, 2.45) is 0 Å². The first-order chi connectivity index (χ1) is 13.6. The molecule has 0 saturated carbocycles. The summed E-state index contributed by atoms with van der Waals surface area (Å²) >= 11 is 0. The molecule has 0 atom stereocenters. The van der Waals surface area contributed by atoms with Crippen LogP contribution in [0.4, 0.5) is 0 Å². The molecule has 0 fully saturated rings. The van der Waals surface area contributed by atoms with Gasteiger partial charge in [-0.1, -0.05) is 24.3 Å². The highest BCUT2D eigenvalue weighted by atomic mass is 32.2. The van der Waals surface area contributed by atoms with Gasteiger partial charge in [-0.2, -0.15) is 9.78 Å². The van der Waals surface area contributed by atoms with Crippen molar-refractivity contribution in [3.05, 3.63) is 86.2 Å². The standard InChI is InChI=1S/C19H17N3O6S/c1-12-5-3-4-6-13(12)11-21-17(23)16(18(24)25)20-22(19(21)26)14-7-9-15(10-8-14)29(2,27)28/h3-10H,11H2,1-2H3,(H,24,25). The molecule has 0 radical (unpaired) electrons. The zero-order valence-electron chi connectivity index (χ0n) is 15.6. The Morgan fingerprint density at radius 1 is 1.07 bits per heavy atom. The summed E-state index contributed by atoms with van der Waals surface area (Å²) in [5, 5.41) is 13.0. The van der Waals surface area contributed by atoms with Crippen LogP contribution < -0.4 is 11.2 Å². The van der Waals surface area contributed by atoms with E-state index in [0.29, 0.717) is 5.56 Å². The van der Waals surface area contributed by atoms with Gasteiger partial charge in [0, 0.05) is 6.26 Å². The van der Waals surface area contributed by atoms with Gasteiger partial charge in [-0.15, -0.1) is 0 Å². The minimum absolute atomic E-state index is 0.0287. The maximum absolute atomic E-state index is 12.9. The lowest BCUT2D eigenvalue weighted by Crippen LogP contribution is -2.44. The third-order valence-corrected chi connectivity index (χ3v) is 5.49. The molecule has 2 aromatic carbocycles. The third kappa shape index (κ3) is 4.02. The molecule has 1 aromatic heterocycles. The lowest BCUT2D eigenvalue weighted by molar-refractivity contribution is 0.0684. The molecule has 0 aliphatic carbocycles. The van der Waals surface area contributed by atoms with Crippen molar-refractivity contribution in [1.29, 1.82) is 0 Å². The van der Waals surface area contributed by atoms with Gasteiger partial charge in [0.25, 0.3) is 5.56 Å². The van der Waals surface area contributed by atoms with Crippen molar-refractivity contribution in [3.63, 3.8) is 0 Å². The molecule has 0 saturated heterocycles. The van der Waals surface area contributed by atoms with Gasteiger partial charge in [0.1, 0.15) is 0 Å². The molecule has 0 aliphatic heterocycles. The summed E-state index contributed by atoms with van der Waals surface area (Å²) in [4.78, 5) is 37.0. The van der Waals surface area contributed by atoms with Crippen molar-refractivity contribution in [3.8, 4) is 5.69 Å². The molecule has 0 spiro atoms. The van der Waals surface area contributed by atoms with Crippen LogP contribution in [0.1, 0.15) is 21.6 Å². The first-order valence-corrected chi connectivity index (χ1v) is 10.3. The minimum atomic E-state index is -3.45. The number of rotatable bonds is 5. The van der Waals surface area contributed by atoms with Crippen LogP contribution in [-0.2, 0) is 16.4 Å². The largest absolute Gasteiger partial charge is 0.476 e. The van der Waals surface area contributed by atoms with Gasteiger partial charge < -0.3 is 5.11 Å². The van der Waals surface area contributed by atoms with Crippen molar-refractivity contribution in [2.75, 3.05) is 6.26 Å². The first-order valence-electron chi connectivity index (χ1n) is 8.42. The number of carboxylic acids is 1. The Morgan fingerprint density at radius 3 is 2.24 bits per heavy atom. The summed E-state index contributed by atoms with van der Waals surface area (Å²) < 4.78 is 24.8. The second-order valence-corrected chi connectivity index (χ2v) is 8.45. The predicted octanol–water partition coefficient (Wildman–Crippen LogP) is 0.853. The normalized spacial score (nSPS) is 11.4. The lowest BCUT2D eigenvalue weighted by Gasteiger charge is -2.12. The number of nitrogens with zero attached hydrogens (tertiary/aromatic N) is 3. The number of aromatic carboxylic acids is 1. The minimum Gasteiger partial charge on any atom is -0.476 e. The maximum atomic E-state index is 12.9. The quantitative estimate of drug-likeness (QED) is 0.654. The van der Waals surface area contributed by atoms with Crippen LogP contribution >= 0.6 is 0 Å². The summed E-state index contributed by atoms with van der Waals surface area (Å²) in [5.41, 5.74) is -1.04. The van der Waals surface area contributed by atoms with Gasteiger partial charge in [0.2, 0.25) is 5.69 Å². The fraction of sp³-hybridized carbons (Fsp3) is 0.158. The first kappa shape index (κ1) is 20.2. The highest BCUT2D eigenvalue weighted by Crippen LogP contribution is 2.12. The lowest BCUT2D eigenvalue weighted by atomic mass is 10.1. The number of carbonyl (C=O) groups is 1. The Hall–Kier alpha value is -3.53. The smallest absolute Gasteiger partial charge is 0.362 e. The maximum Gasteiger partial charge on any atom is 0.362 e. The average molecular weight is 415 g/mol. The highest BCUT2D eigenvalue weighted by Gasteiger charge is 2.20. The van der Waals surface area contributed by atoms with E-state index in [0.717, 1.165) is 21.1 Å². The summed E-state index contributed by atoms with van der Waals surface area (Å²) in [6.07, 6.45) is 1.04. The van der Waals surface area contributed by atoms with Gasteiger partial charge in [0.05, 0.1) is 17.1 Å². The fourth-order valence-corrected chi connectivity index (χ4v) is 3.38. The van der Waals surface area contributed by atoms with Crippen molar-refractivity contribution in [2.45, 2.75) is 18.4 Å². The summed E-state index contributed by atoms with van der Waals surface area (Å²) in [5.74, 6) is -1.57. The van der Waals surface area contributed by atoms with E-state index in [2.05, 4.69) is 5.10 Å². The van der Waals surface area contributed by atoms with Crippen LogP contribution in [-0.4, -0.2) is 40.1 Å². The second kappa shape index (κ2) is 7.47. The summed E-state index contributed by atoms with van der Waals surface area (Å²) in [6, 6.07) is 12.3. The average Bonchev–Trinajstić information content (AvgIpc) is 2.66. The number of benzene rings is 2. The molecule has 9 nitrogen and oxygen atoms in total. The van der Waals surface area contributed by atoms with E-state index in [1.165, 1.54) is 24.3 Å². The summed E-state index contributed by atoms with van der Waals surface area (Å²) in [7, 11) is -3.45. The van der Waals surface area contributed by atoms with E-state index < -0.39 is 32.7 Å². The molecule has 3 rings (SSSR count). The van der Waals surface area contributed by atoms with Gasteiger partial charge in [-0.05, 0) is 42.3 Å². The fourth-order valence-electron chi connectivity index (χ4n) is 2.75. The number of hydrogen-bond donors (Lipinski definition) is 1. The van der Waals surface area contributed by atoms with Crippen LogP contribution in [0.15, 0.2) is 63.0 Å². The molecule has 150 valence electrons. The van der Waals surface area contributed by atoms with E-state index in [-0.39, 0.29) is 17.1 Å². The van der Waals surface area contributed by atoms with E-state index in [4.69, 9.17) is 0 Å². The molecule has 0 bridgehead atoms. The van der Waals surface area contributed by atoms with Crippen molar-refractivity contribution >= 4 is 15.8 Å². The number of aryl methyl sites for hydroxylation is 1. The molecule has 1 heterocycles. The van der Waals surface area contributed by atoms with Crippen molar-refractivity contribution < 1.29 is 18.3 Å². The molecule has 3 aromatic rings. The van der Waals surface area contributed by atoms with E-state index in [9.17, 15) is 27.9 Å². The molecule has 0 unspecified atom stereocenters. The van der Waals surface area contributed by atoms with Crippen LogP contribution in [0.5, 0.6) is 0 Å². The molecular weight excluding hydrogens is 398 g/mol. The molecule has 10 heteroatoms. The van der Waals surface area contributed by atoms with Crippen molar-refractivity contribution in [1.82, 2.24) is 14.3 Å². The Morgan fingerprint density at radius 2 is 1.69 bits per heavy atom. The second-order valence-electron chi connectivity index (χ2n) is 6.43. The van der Waals surface area contributed by atoms with Gasteiger partial charge >= 0.3 is 11.7 Å². The van der Waals surface area contributed by atoms with Crippen LogP contribution in [0.2, 0.25) is 0 Å². The Balaban J connectivity index is 2.22. The highest BCUT2D eigenvalue weighted by molar-refractivity contribution is 7.90. The molecule has 0 aliphatic rings.